The van der Waals surface area contributed by atoms with E-state index in [2.05, 4.69) is 10.1 Å². The number of halogens is 2. The summed E-state index contributed by atoms with van der Waals surface area (Å²) in [6, 6.07) is 8.74. The minimum Gasteiger partial charge on any atom is -0.409 e. The van der Waals surface area contributed by atoms with Crippen LogP contribution >= 0.6 is 35.0 Å². The van der Waals surface area contributed by atoms with Gasteiger partial charge in [0.25, 0.3) is 0 Å². The lowest BCUT2D eigenvalue weighted by Gasteiger charge is -2.08. The molecule has 1 aromatic carbocycles. The SMILES string of the molecule is N/C(=N/O)c1ncccc1Sc1cc(Cl)ccc1Cl. The summed E-state index contributed by atoms with van der Waals surface area (Å²) in [5, 5.41) is 12.9. The summed E-state index contributed by atoms with van der Waals surface area (Å²) < 4.78 is 0. The Bertz CT molecular complexity index is 634. The maximum Gasteiger partial charge on any atom is 0.189 e. The summed E-state index contributed by atoms with van der Waals surface area (Å²) in [5.41, 5.74) is 5.98. The lowest BCUT2D eigenvalue weighted by molar-refractivity contribution is 0.318. The van der Waals surface area contributed by atoms with Gasteiger partial charge in [-0.1, -0.05) is 40.1 Å². The Labute approximate surface area is 124 Å². The predicted octanol–water partition coefficient (Wildman–Crippen LogP) is 3.63. The van der Waals surface area contributed by atoms with Gasteiger partial charge in [0.1, 0.15) is 5.69 Å². The molecular formula is C12H9Cl2N3OS. The molecule has 7 heteroatoms. The van der Waals surface area contributed by atoms with Crippen molar-refractivity contribution in [3.63, 3.8) is 0 Å². The van der Waals surface area contributed by atoms with Gasteiger partial charge in [-0.15, -0.1) is 0 Å². The van der Waals surface area contributed by atoms with Gasteiger partial charge in [0.05, 0.1) is 5.02 Å². The molecule has 0 aliphatic heterocycles. The predicted molar refractivity (Wildman–Crippen MR) is 77.3 cm³/mol. The Kier molecular flexibility index (Phi) is 4.52. The van der Waals surface area contributed by atoms with Crippen LogP contribution in [-0.4, -0.2) is 16.0 Å². The first-order valence-corrected chi connectivity index (χ1v) is 6.75. The zero-order chi connectivity index (χ0) is 13.8. The molecule has 0 fully saturated rings. The number of benzene rings is 1. The smallest absolute Gasteiger partial charge is 0.189 e. The molecule has 0 amide bonds. The Morgan fingerprint density at radius 2 is 2.05 bits per heavy atom. The van der Waals surface area contributed by atoms with Crippen molar-refractivity contribution in [2.45, 2.75) is 9.79 Å². The van der Waals surface area contributed by atoms with Crippen molar-refractivity contribution in [3.8, 4) is 0 Å². The van der Waals surface area contributed by atoms with E-state index in [0.717, 1.165) is 9.79 Å². The molecule has 1 aromatic heterocycles. The number of oxime groups is 1. The van der Waals surface area contributed by atoms with Crippen molar-refractivity contribution < 1.29 is 5.21 Å². The topological polar surface area (TPSA) is 71.5 Å². The van der Waals surface area contributed by atoms with E-state index in [-0.39, 0.29) is 5.84 Å². The highest BCUT2D eigenvalue weighted by Crippen LogP contribution is 2.36. The van der Waals surface area contributed by atoms with Crippen LogP contribution in [0.3, 0.4) is 0 Å². The van der Waals surface area contributed by atoms with Crippen LogP contribution in [0, 0.1) is 0 Å². The molecule has 0 saturated carbocycles. The van der Waals surface area contributed by atoms with Gasteiger partial charge in [-0.3, -0.25) is 4.98 Å². The molecule has 2 rings (SSSR count). The number of hydrogen-bond acceptors (Lipinski definition) is 4. The van der Waals surface area contributed by atoms with E-state index in [4.69, 9.17) is 34.1 Å². The Morgan fingerprint density at radius 1 is 1.26 bits per heavy atom. The number of pyridine rings is 1. The molecule has 0 radical (unpaired) electrons. The largest absolute Gasteiger partial charge is 0.409 e. The van der Waals surface area contributed by atoms with E-state index in [1.165, 1.54) is 11.8 Å². The van der Waals surface area contributed by atoms with Gasteiger partial charge >= 0.3 is 0 Å². The third-order valence-electron chi connectivity index (χ3n) is 2.23. The fourth-order valence-electron chi connectivity index (χ4n) is 1.39. The van der Waals surface area contributed by atoms with E-state index in [0.29, 0.717) is 15.7 Å². The lowest BCUT2D eigenvalue weighted by atomic mass is 10.3. The molecule has 0 saturated heterocycles. The third kappa shape index (κ3) is 3.32. The normalized spacial score (nSPS) is 11.6. The highest BCUT2D eigenvalue weighted by molar-refractivity contribution is 7.99. The number of aromatic nitrogens is 1. The molecule has 2 aromatic rings. The first kappa shape index (κ1) is 14.0. The van der Waals surface area contributed by atoms with Gasteiger partial charge in [-0.05, 0) is 30.3 Å². The number of amidine groups is 1. The molecule has 1 heterocycles. The summed E-state index contributed by atoms with van der Waals surface area (Å²) in [5.74, 6) is -0.0544. The highest BCUT2D eigenvalue weighted by atomic mass is 35.5. The zero-order valence-corrected chi connectivity index (χ0v) is 11.9. The average Bonchev–Trinajstić information content (AvgIpc) is 2.42. The van der Waals surface area contributed by atoms with Crippen molar-refractivity contribution in [3.05, 3.63) is 52.3 Å². The molecule has 3 N–H and O–H groups in total. The standard InChI is InChI=1S/C12H9Cl2N3OS/c13-7-3-4-8(14)10(6-7)19-9-2-1-5-16-11(9)12(15)17-18/h1-6,18H,(H2,15,17). The van der Waals surface area contributed by atoms with Crippen LogP contribution in [0.15, 0.2) is 51.5 Å². The van der Waals surface area contributed by atoms with Gasteiger partial charge < -0.3 is 10.9 Å². The van der Waals surface area contributed by atoms with Gasteiger partial charge in [0.15, 0.2) is 5.84 Å². The average molecular weight is 314 g/mol. The monoisotopic (exact) mass is 313 g/mol. The van der Waals surface area contributed by atoms with E-state index < -0.39 is 0 Å². The molecule has 19 heavy (non-hydrogen) atoms. The number of nitrogens with zero attached hydrogens (tertiary/aromatic N) is 2. The van der Waals surface area contributed by atoms with E-state index >= 15 is 0 Å². The molecular weight excluding hydrogens is 305 g/mol. The van der Waals surface area contributed by atoms with Crippen molar-refractivity contribution in [2.75, 3.05) is 0 Å². The van der Waals surface area contributed by atoms with Crippen LogP contribution in [0.1, 0.15) is 5.69 Å². The maximum atomic E-state index is 8.74. The number of nitrogens with two attached hydrogens (primary N) is 1. The molecule has 0 bridgehead atoms. The van der Waals surface area contributed by atoms with Crippen LogP contribution in [0.25, 0.3) is 0 Å². The van der Waals surface area contributed by atoms with Crippen LogP contribution in [0.2, 0.25) is 10.0 Å². The molecule has 0 aliphatic carbocycles. The molecule has 98 valence electrons. The van der Waals surface area contributed by atoms with Crippen molar-refractivity contribution in [2.24, 2.45) is 10.9 Å². The minimum atomic E-state index is -0.0544. The van der Waals surface area contributed by atoms with E-state index in [1.807, 2.05) is 6.07 Å². The third-order valence-corrected chi connectivity index (χ3v) is 4.02. The van der Waals surface area contributed by atoms with Gasteiger partial charge in [-0.25, -0.2) is 0 Å². The minimum absolute atomic E-state index is 0.0544. The second kappa shape index (κ2) is 6.14. The van der Waals surface area contributed by atoms with Crippen LogP contribution in [-0.2, 0) is 0 Å². The van der Waals surface area contributed by atoms with Crippen molar-refractivity contribution in [1.29, 1.82) is 0 Å². The molecule has 0 spiro atoms. The number of rotatable bonds is 3. The van der Waals surface area contributed by atoms with Gasteiger partial charge in [0.2, 0.25) is 0 Å². The first-order chi connectivity index (χ1) is 9.11. The molecule has 0 aliphatic rings. The Morgan fingerprint density at radius 3 is 2.79 bits per heavy atom. The second-order valence-electron chi connectivity index (χ2n) is 3.51. The zero-order valence-electron chi connectivity index (χ0n) is 9.55. The molecule has 0 atom stereocenters. The summed E-state index contributed by atoms with van der Waals surface area (Å²) in [6.07, 6.45) is 1.57. The summed E-state index contributed by atoms with van der Waals surface area (Å²) in [7, 11) is 0. The highest BCUT2D eigenvalue weighted by Gasteiger charge is 2.11. The van der Waals surface area contributed by atoms with Crippen LogP contribution in [0.4, 0.5) is 0 Å². The van der Waals surface area contributed by atoms with Crippen molar-refractivity contribution >= 4 is 40.8 Å². The summed E-state index contributed by atoms with van der Waals surface area (Å²) >= 11 is 13.4. The molecule has 4 nitrogen and oxygen atoms in total. The van der Waals surface area contributed by atoms with Gasteiger partial charge in [0, 0.05) is 21.0 Å². The van der Waals surface area contributed by atoms with Crippen LogP contribution < -0.4 is 5.73 Å². The Hall–Kier alpha value is -1.43. The first-order valence-electron chi connectivity index (χ1n) is 5.17. The second-order valence-corrected chi connectivity index (χ2v) is 5.44. The summed E-state index contributed by atoms with van der Waals surface area (Å²) in [4.78, 5) is 5.58. The van der Waals surface area contributed by atoms with Gasteiger partial charge in [-0.2, -0.15) is 0 Å². The molecule has 0 unspecified atom stereocenters. The quantitative estimate of drug-likeness (QED) is 0.393. The fourth-order valence-corrected chi connectivity index (χ4v) is 2.85. The Balaban J connectivity index is 2.41. The van der Waals surface area contributed by atoms with E-state index in [9.17, 15) is 0 Å². The van der Waals surface area contributed by atoms with Crippen molar-refractivity contribution in [1.82, 2.24) is 4.98 Å². The lowest BCUT2D eigenvalue weighted by Crippen LogP contribution is -2.15. The summed E-state index contributed by atoms with van der Waals surface area (Å²) in [6.45, 7) is 0. The number of hydrogen-bond donors (Lipinski definition) is 2. The maximum absolute atomic E-state index is 8.74. The fraction of sp³-hybridized carbons (Fsp3) is 0. The van der Waals surface area contributed by atoms with E-state index in [1.54, 1.807) is 30.5 Å². The van der Waals surface area contributed by atoms with Crippen LogP contribution in [0.5, 0.6) is 0 Å².